The van der Waals surface area contributed by atoms with Crippen LogP contribution in [0.2, 0.25) is 5.02 Å². The van der Waals surface area contributed by atoms with Gasteiger partial charge in [0.05, 0.1) is 11.4 Å². The summed E-state index contributed by atoms with van der Waals surface area (Å²) in [6, 6.07) is 23.5. The number of nitrogens with one attached hydrogen (secondary N) is 1. The third kappa shape index (κ3) is 4.69. The molecule has 3 aromatic rings. The summed E-state index contributed by atoms with van der Waals surface area (Å²) in [6.45, 7) is 4.09. The molecule has 1 heterocycles. The van der Waals surface area contributed by atoms with Crippen molar-refractivity contribution in [1.82, 2.24) is 4.72 Å². The first-order valence-electron chi connectivity index (χ1n) is 9.51. The van der Waals surface area contributed by atoms with Crippen molar-refractivity contribution in [2.24, 2.45) is 0 Å². The molecule has 144 valence electrons. The molecule has 3 aromatic carbocycles. The number of hydrogen-bond acceptors (Lipinski definition) is 4. The molecule has 0 saturated heterocycles. The van der Waals surface area contributed by atoms with E-state index in [1.54, 1.807) is 11.9 Å². The summed E-state index contributed by atoms with van der Waals surface area (Å²) in [5.74, 6) is 0. The number of rotatable bonds is 7. The van der Waals surface area contributed by atoms with Crippen molar-refractivity contribution in [2.45, 2.75) is 34.5 Å². The molecule has 1 aliphatic rings. The first-order valence-corrected chi connectivity index (χ1v) is 11.5. The third-order valence-electron chi connectivity index (χ3n) is 4.71. The molecule has 0 saturated carbocycles. The Kier molecular flexibility index (Phi) is 6.53. The highest BCUT2D eigenvalue weighted by molar-refractivity contribution is 7.99. The predicted molar refractivity (Wildman–Crippen MR) is 123 cm³/mol. The van der Waals surface area contributed by atoms with Gasteiger partial charge < -0.3 is 4.90 Å². The summed E-state index contributed by atoms with van der Waals surface area (Å²) in [5.41, 5.74) is 3.80. The minimum atomic E-state index is 0.792. The number of unbranched alkanes of at least 4 members (excludes halogenated alkanes) is 1. The molecule has 5 heteroatoms. The zero-order chi connectivity index (χ0) is 19.3. The maximum absolute atomic E-state index is 6.29. The van der Waals surface area contributed by atoms with Crippen molar-refractivity contribution >= 4 is 46.7 Å². The molecule has 4 rings (SSSR count). The molecular formula is C23H23ClN2S2. The maximum Gasteiger partial charge on any atom is 0.0567 e. The molecule has 0 spiro atoms. The van der Waals surface area contributed by atoms with Crippen LogP contribution in [0.25, 0.3) is 0 Å². The second-order valence-electron chi connectivity index (χ2n) is 6.85. The van der Waals surface area contributed by atoms with E-state index in [1.165, 1.54) is 31.6 Å². The van der Waals surface area contributed by atoms with Crippen molar-refractivity contribution in [3.05, 3.63) is 77.3 Å². The zero-order valence-electron chi connectivity index (χ0n) is 15.8. The van der Waals surface area contributed by atoms with Gasteiger partial charge in [-0.05, 0) is 74.2 Å². The van der Waals surface area contributed by atoms with Crippen LogP contribution in [0.4, 0.5) is 11.4 Å². The van der Waals surface area contributed by atoms with Gasteiger partial charge in [0.2, 0.25) is 0 Å². The van der Waals surface area contributed by atoms with Crippen LogP contribution in [0.1, 0.15) is 18.4 Å². The standard InChI is InChI=1S/C23H23ClN2S2/c1-17-8-11-19(12-9-17)28-25-14-4-5-15-26-20-6-2-3-7-22(20)27-23-13-10-18(24)16-21(23)26/h2-3,6-13,16,25H,4-5,14-15H2,1H3. The van der Waals surface area contributed by atoms with E-state index in [4.69, 9.17) is 11.6 Å². The fraction of sp³-hybridized carbons (Fsp3) is 0.217. The lowest BCUT2D eigenvalue weighted by atomic mass is 10.2. The highest BCUT2D eigenvalue weighted by atomic mass is 35.5. The molecule has 0 atom stereocenters. The number of hydrogen-bond donors (Lipinski definition) is 1. The molecule has 0 amide bonds. The van der Waals surface area contributed by atoms with Gasteiger partial charge in [0.25, 0.3) is 0 Å². The van der Waals surface area contributed by atoms with Crippen LogP contribution < -0.4 is 9.62 Å². The van der Waals surface area contributed by atoms with E-state index in [0.29, 0.717) is 0 Å². The van der Waals surface area contributed by atoms with E-state index in [9.17, 15) is 0 Å². The normalized spacial score (nSPS) is 12.6. The Morgan fingerprint density at radius 2 is 1.71 bits per heavy atom. The number of anilines is 2. The smallest absolute Gasteiger partial charge is 0.0567 e. The molecule has 0 fully saturated rings. The van der Waals surface area contributed by atoms with E-state index in [-0.39, 0.29) is 0 Å². The van der Waals surface area contributed by atoms with Crippen molar-refractivity contribution in [3.8, 4) is 0 Å². The molecular weight excluding hydrogens is 404 g/mol. The van der Waals surface area contributed by atoms with Crippen LogP contribution in [0, 0.1) is 6.92 Å². The highest BCUT2D eigenvalue weighted by Gasteiger charge is 2.22. The monoisotopic (exact) mass is 426 g/mol. The van der Waals surface area contributed by atoms with Gasteiger partial charge in [-0.25, -0.2) is 0 Å². The summed E-state index contributed by atoms with van der Waals surface area (Å²) in [5, 5.41) is 0.792. The summed E-state index contributed by atoms with van der Waals surface area (Å²) < 4.78 is 3.48. The first kappa shape index (κ1) is 19.7. The Morgan fingerprint density at radius 1 is 0.929 bits per heavy atom. The van der Waals surface area contributed by atoms with Gasteiger partial charge in [0.15, 0.2) is 0 Å². The van der Waals surface area contributed by atoms with E-state index in [1.807, 2.05) is 17.8 Å². The SMILES string of the molecule is Cc1ccc(SNCCCCN2c3ccccc3Sc3ccc(Cl)cc32)cc1. The zero-order valence-corrected chi connectivity index (χ0v) is 18.2. The molecule has 0 unspecified atom stereocenters. The van der Waals surface area contributed by atoms with Crippen molar-refractivity contribution < 1.29 is 0 Å². The van der Waals surface area contributed by atoms with Gasteiger partial charge in [-0.2, -0.15) is 0 Å². The molecule has 1 aliphatic heterocycles. The molecule has 0 radical (unpaired) electrons. The summed E-state index contributed by atoms with van der Waals surface area (Å²) >= 11 is 9.83. The maximum atomic E-state index is 6.29. The molecule has 1 N–H and O–H groups in total. The Balaban J connectivity index is 1.34. The summed E-state index contributed by atoms with van der Waals surface area (Å²) in [7, 11) is 0. The molecule has 0 aromatic heterocycles. The Bertz CT molecular complexity index is 944. The average Bonchev–Trinajstić information content (AvgIpc) is 2.71. The lowest BCUT2D eigenvalue weighted by molar-refractivity contribution is 0.718. The van der Waals surface area contributed by atoms with E-state index < -0.39 is 0 Å². The number of nitrogens with zero attached hydrogens (tertiary/aromatic N) is 1. The molecule has 0 bridgehead atoms. The van der Waals surface area contributed by atoms with Gasteiger partial charge in [-0.1, -0.05) is 53.2 Å². The van der Waals surface area contributed by atoms with Gasteiger partial charge in [0, 0.05) is 32.8 Å². The quantitative estimate of drug-likeness (QED) is 0.314. The van der Waals surface area contributed by atoms with Gasteiger partial charge >= 0.3 is 0 Å². The van der Waals surface area contributed by atoms with Gasteiger partial charge in [-0.3, -0.25) is 4.72 Å². The fourth-order valence-corrected chi connectivity index (χ4v) is 5.18. The van der Waals surface area contributed by atoms with E-state index in [2.05, 4.69) is 77.2 Å². The number of fused-ring (bicyclic) bond motifs is 2. The molecule has 28 heavy (non-hydrogen) atoms. The number of benzene rings is 3. The minimum absolute atomic E-state index is 0.792. The summed E-state index contributed by atoms with van der Waals surface area (Å²) in [6.07, 6.45) is 2.24. The Labute approximate surface area is 180 Å². The number of aryl methyl sites for hydroxylation is 1. The lowest BCUT2D eigenvalue weighted by Gasteiger charge is -2.33. The second kappa shape index (κ2) is 9.27. The largest absolute Gasteiger partial charge is 0.340 e. The fourth-order valence-electron chi connectivity index (χ4n) is 3.25. The van der Waals surface area contributed by atoms with Crippen molar-refractivity contribution in [2.75, 3.05) is 18.0 Å². The van der Waals surface area contributed by atoms with Crippen LogP contribution >= 0.6 is 35.3 Å². The van der Waals surface area contributed by atoms with Crippen LogP contribution in [0.5, 0.6) is 0 Å². The Morgan fingerprint density at radius 3 is 2.57 bits per heavy atom. The van der Waals surface area contributed by atoms with Gasteiger partial charge in [0.1, 0.15) is 0 Å². The highest BCUT2D eigenvalue weighted by Crippen LogP contribution is 2.48. The van der Waals surface area contributed by atoms with Crippen molar-refractivity contribution in [1.29, 1.82) is 0 Å². The van der Waals surface area contributed by atoms with Crippen LogP contribution in [0.3, 0.4) is 0 Å². The van der Waals surface area contributed by atoms with Gasteiger partial charge in [-0.15, -0.1) is 0 Å². The average molecular weight is 427 g/mol. The van der Waals surface area contributed by atoms with Crippen LogP contribution in [0.15, 0.2) is 81.4 Å². The Hall–Kier alpha value is -1.59. The topological polar surface area (TPSA) is 15.3 Å². The van der Waals surface area contributed by atoms with E-state index in [0.717, 1.165) is 31.0 Å². The minimum Gasteiger partial charge on any atom is -0.340 e. The summed E-state index contributed by atoms with van der Waals surface area (Å²) in [4.78, 5) is 6.26. The van der Waals surface area contributed by atoms with E-state index >= 15 is 0 Å². The predicted octanol–water partition coefficient (Wildman–Crippen LogP) is 7.33. The third-order valence-corrected chi connectivity index (χ3v) is 6.93. The molecule has 0 aliphatic carbocycles. The molecule has 2 nitrogen and oxygen atoms in total. The number of para-hydroxylation sites is 1. The second-order valence-corrected chi connectivity index (χ2v) is 9.33. The number of halogens is 1. The van der Waals surface area contributed by atoms with Crippen LogP contribution in [-0.2, 0) is 0 Å². The first-order chi connectivity index (χ1) is 13.7. The lowest BCUT2D eigenvalue weighted by Crippen LogP contribution is -2.22. The van der Waals surface area contributed by atoms with Crippen molar-refractivity contribution in [3.63, 3.8) is 0 Å². The van der Waals surface area contributed by atoms with Crippen LogP contribution in [-0.4, -0.2) is 13.1 Å².